The molecule has 0 saturated carbocycles. The van der Waals surface area contributed by atoms with Gasteiger partial charge in [0.25, 0.3) is 0 Å². The van der Waals surface area contributed by atoms with Crippen molar-refractivity contribution in [2.45, 2.75) is 32.7 Å². The first kappa shape index (κ1) is 27.8. The van der Waals surface area contributed by atoms with Gasteiger partial charge in [-0.3, -0.25) is 0 Å². The molecule has 0 fully saturated rings. The van der Waals surface area contributed by atoms with Crippen LogP contribution >= 0.6 is 0 Å². The van der Waals surface area contributed by atoms with E-state index in [9.17, 15) is 15.3 Å². The van der Waals surface area contributed by atoms with Crippen molar-refractivity contribution in [1.29, 1.82) is 0 Å². The number of hydrogen-bond acceptors (Lipinski definition) is 9. The van der Waals surface area contributed by atoms with Crippen molar-refractivity contribution < 1.29 is 29.5 Å². The number of methoxy groups -OCH3 is 3. The third-order valence-corrected chi connectivity index (χ3v) is 6.60. The van der Waals surface area contributed by atoms with Crippen LogP contribution in [0.1, 0.15) is 39.3 Å². The molecule has 4 aromatic rings. The van der Waals surface area contributed by atoms with E-state index in [0.717, 1.165) is 16.7 Å². The zero-order valence-corrected chi connectivity index (χ0v) is 22.3. The monoisotopic (exact) mass is 531 g/mol. The fourth-order valence-corrected chi connectivity index (χ4v) is 4.59. The fraction of sp³-hybridized carbons (Fsp3) is 0.267. The van der Waals surface area contributed by atoms with Crippen molar-refractivity contribution >= 4 is 5.82 Å². The molecule has 0 spiro atoms. The van der Waals surface area contributed by atoms with Crippen LogP contribution in [0, 0.1) is 0 Å². The first-order chi connectivity index (χ1) is 18.9. The predicted octanol–water partition coefficient (Wildman–Crippen LogP) is 3.41. The molecule has 0 amide bonds. The van der Waals surface area contributed by atoms with E-state index < -0.39 is 0 Å². The van der Waals surface area contributed by atoms with Gasteiger partial charge < -0.3 is 35.3 Å². The maximum atomic E-state index is 9.71. The highest BCUT2D eigenvalue weighted by atomic mass is 16.5. The molecular formula is C30H33N3O6. The lowest BCUT2D eigenvalue weighted by atomic mass is 9.97. The summed E-state index contributed by atoms with van der Waals surface area (Å²) in [6.45, 7) is -0.458. The molecule has 9 nitrogen and oxygen atoms in total. The molecule has 4 rings (SSSR count). The van der Waals surface area contributed by atoms with E-state index in [1.165, 1.54) is 0 Å². The summed E-state index contributed by atoms with van der Waals surface area (Å²) in [5.41, 5.74) is 12.6. The van der Waals surface area contributed by atoms with Crippen LogP contribution in [0.5, 0.6) is 17.2 Å². The Labute approximate surface area is 227 Å². The van der Waals surface area contributed by atoms with Crippen molar-refractivity contribution in [2.24, 2.45) is 0 Å². The van der Waals surface area contributed by atoms with Crippen LogP contribution in [0.2, 0.25) is 0 Å². The number of aromatic nitrogens is 2. The highest BCUT2D eigenvalue weighted by molar-refractivity contribution is 5.78. The molecule has 204 valence electrons. The molecule has 0 aliphatic carbocycles. The van der Waals surface area contributed by atoms with Crippen molar-refractivity contribution in [3.05, 3.63) is 93.9 Å². The molecular weight excluding hydrogens is 498 g/mol. The van der Waals surface area contributed by atoms with Crippen molar-refractivity contribution in [2.75, 3.05) is 27.1 Å². The van der Waals surface area contributed by atoms with Crippen molar-refractivity contribution in [1.82, 2.24) is 9.97 Å². The van der Waals surface area contributed by atoms with Crippen LogP contribution in [0.25, 0.3) is 11.1 Å². The molecule has 0 bridgehead atoms. The predicted molar refractivity (Wildman–Crippen MR) is 148 cm³/mol. The number of aliphatic hydroxyl groups excluding tert-OH is 3. The number of ether oxygens (including phenoxy) is 3. The first-order valence-corrected chi connectivity index (χ1v) is 12.4. The van der Waals surface area contributed by atoms with Crippen LogP contribution in [0.4, 0.5) is 5.82 Å². The summed E-state index contributed by atoms with van der Waals surface area (Å²) in [4.78, 5) is 9.56. The van der Waals surface area contributed by atoms with E-state index in [0.29, 0.717) is 69.7 Å². The van der Waals surface area contributed by atoms with Gasteiger partial charge in [-0.05, 0) is 46.0 Å². The van der Waals surface area contributed by atoms with E-state index in [4.69, 9.17) is 24.9 Å². The number of rotatable bonds is 11. The normalized spacial score (nSPS) is 10.9. The van der Waals surface area contributed by atoms with Crippen LogP contribution in [-0.2, 0) is 32.7 Å². The maximum Gasteiger partial charge on any atom is 0.161 e. The Bertz CT molecular complexity index is 1460. The van der Waals surface area contributed by atoms with Gasteiger partial charge in [0.05, 0.1) is 46.8 Å². The van der Waals surface area contributed by atoms with Crippen LogP contribution in [0.15, 0.2) is 54.6 Å². The Morgan fingerprint density at radius 2 is 1.28 bits per heavy atom. The van der Waals surface area contributed by atoms with E-state index >= 15 is 0 Å². The van der Waals surface area contributed by atoms with Crippen molar-refractivity contribution in [3.8, 4) is 28.4 Å². The minimum Gasteiger partial charge on any atom is -0.496 e. The van der Waals surface area contributed by atoms with Crippen LogP contribution in [-0.4, -0.2) is 46.6 Å². The molecule has 0 atom stereocenters. The van der Waals surface area contributed by atoms with Gasteiger partial charge in [-0.25, -0.2) is 9.97 Å². The van der Waals surface area contributed by atoms with Gasteiger partial charge in [0, 0.05) is 24.0 Å². The molecule has 1 heterocycles. The number of aliphatic hydroxyl groups is 3. The largest absolute Gasteiger partial charge is 0.496 e. The standard InChI is InChI=1S/C30H33N3O6/c1-37-25-9-8-20(14-27(25)39-3)29-24(11-19-5-7-22(16-35)26(12-19)38-2)32-28(33-30(29)31)13-18-4-6-21(15-34)23(10-18)17-36/h4-10,12,14,34-36H,11,13,15-17H2,1-3H3,(H2,31,32,33). The van der Waals surface area contributed by atoms with Gasteiger partial charge in [0.1, 0.15) is 17.4 Å². The summed E-state index contributed by atoms with van der Waals surface area (Å²) in [5, 5.41) is 28.9. The van der Waals surface area contributed by atoms with Gasteiger partial charge in [0.15, 0.2) is 11.5 Å². The lowest BCUT2D eigenvalue weighted by molar-refractivity contribution is 0.260. The van der Waals surface area contributed by atoms with E-state index in [1.807, 2.05) is 48.5 Å². The van der Waals surface area contributed by atoms with E-state index in [1.54, 1.807) is 27.4 Å². The summed E-state index contributed by atoms with van der Waals surface area (Å²) in [5.74, 6) is 2.57. The van der Waals surface area contributed by atoms with Crippen LogP contribution in [0.3, 0.4) is 0 Å². The molecule has 0 unspecified atom stereocenters. The second-order valence-electron chi connectivity index (χ2n) is 8.99. The summed E-state index contributed by atoms with van der Waals surface area (Å²) in [6.07, 6.45) is 0.811. The smallest absolute Gasteiger partial charge is 0.161 e. The Balaban J connectivity index is 1.81. The first-order valence-electron chi connectivity index (χ1n) is 12.4. The lowest BCUT2D eigenvalue weighted by Gasteiger charge is -2.16. The Morgan fingerprint density at radius 3 is 1.92 bits per heavy atom. The SMILES string of the molecule is COc1cc(Cc2nc(Cc3ccc(CO)c(CO)c3)nc(N)c2-c2ccc(OC)c(OC)c2)ccc1CO. The average molecular weight is 532 g/mol. The number of hydrogen-bond donors (Lipinski definition) is 4. The number of nitrogen functional groups attached to an aromatic ring is 1. The zero-order chi connectivity index (χ0) is 27.9. The quantitative estimate of drug-likeness (QED) is 0.229. The minimum atomic E-state index is -0.179. The lowest BCUT2D eigenvalue weighted by Crippen LogP contribution is -2.09. The number of benzene rings is 3. The fourth-order valence-electron chi connectivity index (χ4n) is 4.59. The van der Waals surface area contributed by atoms with Gasteiger partial charge in [-0.1, -0.05) is 36.4 Å². The number of nitrogens with two attached hydrogens (primary N) is 1. The van der Waals surface area contributed by atoms with Gasteiger partial charge >= 0.3 is 0 Å². The van der Waals surface area contributed by atoms with Gasteiger partial charge in [0.2, 0.25) is 0 Å². The topological polar surface area (TPSA) is 140 Å². The Kier molecular flexibility index (Phi) is 8.98. The molecule has 0 aliphatic rings. The Hall–Kier alpha value is -4.18. The minimum absolute atomic E-state index is 0.129. The summed E-state index contributed by atoms with van der Waals surface area (Å²) in [6, 6.07) is 16.7. The number of nitrogens with zero attached hydrogens (tertiary/aromatic N) is 2. The molecule has 0 saturated heterocycles. The third kappa shape index (κ3) is 6.12. The van der Waals surface area contributed by atoms with Gasteiger partial charge in [-0.2, -0.15) is 0 Å². The second-order valence-corrected chi connectivity index (χ2v) is 8.99. The zero-order valence-electron chi connectivity index (χ0n) is 22.3. The molecule has 0 aliphatic heterocycles. The van der Waals surface area contributed by atoms with E-state index in [-0.39, 0.29) is 19.8 Å². The molecule has 1 aromatic heterocycles. The number of anilines is 1. The second kappa shape index (κ2) is 12.6. The molecule has 0 radical (unpaired) electrons. The third-order valence-electron chi connectivity index (χ3n) is 6.60. The Morgan fingerprint density at radius 1 is 0.641 bits per heavy atom. The highest BCUT2D eigenvalue weighted by Gasteiger charge is 2.18. The summed E-state index contributed by atoms with van der Waals surface area (Å²) >= 11 is 0. The van der Waals surface area contributed by atoms with E-state index in [2.05, 4.69) is 4.98 Å². The van der Waals surface area contributed by atoms with Gasteiger partial charge in [-0.15, -0.1) is 0 Å². The molecule has 9 heteroatoms. The van der Waals surface area contributed by atoms with Crippen molar-refractivity contribution in [3.63, 3.8) is 0 Å². The van der Waals surface area contributed by atoms with Crippen LogP contribution < -0.4 is 19.9 Å². The molecule has 3 aromatic carbocycles. The molecule has 39 heavy (non-hydrogen) atoms. The average Bonchev–Trinajstić information content (AvgIpc) is 2.96. The maximum absolute atomic E-state index is 9.71. The highest BCUT2D eigenvalue weighted by Crippen LogP contribution is 2.36. The molecule has 5 N–H and O–H groups in total. The summed E-state index contributed by atoms with van der Waals surface area (Å²) in [7, 11) is 4.72. The summed E-state index contributed by atoms with van der Waals surface area (Å²) < 4.78 is 16.4.